The average molecular weight is 100 g/mol. The Morgan fingerprint density at radius 3 is 2.29 bits per heavy atom. The number of aliphatic hydroxyl groups excluding tert-OH is 1. The van der Waals surface area contributed by atoms with Crippen molar-refractivity contribution in [3.05, 3.63) is 0 Å². The lowest BCUT2D eigenvalue weighted by atomic mass is 9.76. The molecule has 1 rings (SSSR count). The smallest absolute Gasteiger partial charge is 0.0461 e. The minimum absolute atomic E-state index is 0.404. The lowest BCUT2D eigenvalue weighted by molar-refractivity contribution is 0.103. The van der Waals surface area contributed by atoms with E-state index in [9.17, 15) is 0 Å². The standard InChI is InChI=1S/C6H12O/c1-5-2-3-6(5)4-7/h5-7H,2-4H2,1H3. The molecular formula is C6H12O. The molecule has 2 unspecified atom stereocenters. The highest BCUT2D eigenvalue weighted by Gasteiger charge is 2.24. The van der Waals surface area contributed by atoms with Gasteiger partial charge in [-0.3, -0.25) is 0 Å². The summed E-state index contributed by atoms with van der Waals surface area (Å²) >= 11 is 0. The molecule has 0 aromatic carbocycles. The van der Waals surface area contributed by atoms with Gasteiger partial charge in [0.1, 0.15) is 0 Å². The lowest BCUT2D eigenvalue weighted by Crippen LogP contribution is -2.25. The second-order valence-corrected chi connectivity index (χ2v) is 2.50. The predicted molar refractivity (Wildman–Crippen MR) is 29.0 cm³/mol. The minimum atomic E-state index is 0.404. The van der Waals surface area contributed by atoms with Crippen LogP contribution in [0.2, 0.25) is 0 Å². The van der Waals surface area contributed by atoms with Gasteiger partial charge in [-0.05, 0) is 18.3 Å². The number of hydrogen-bond acceptors (Lipinski definition) is 1. The first-order chi connectivity index (χ1) is 3.34. The summed E-state index contributed by atoms with van der Waals surface area (Å²) in [7, 11) is 0. The topological polar surface area (TPSA) is 20.2 Å². The monoisotopic (exact) mass is 100 g/mol. The third-order valence-electron chi connectivity index (χ3n) is 2.03. The van der Waals surface area contributed by atoms with Gasteiger partial charge in [0.25, 0.3) is 0 Å². The van der Waals surface area contributed by atoms with E-state index in [1.807, 2.05) is 0 Å². The molecule has 0 radical (unpaired) electrons. The van der Waals surface area contributed by atoms with E-state index in [1.54, 1.807) is 0 Å². The maximum absolute atomic E-state index is 8.56. The molecule has 7 heavy (non-hydrogen) atoms. The molecule has 1 aliphatic rings. The Kier molecular flexibility index (Phi) is 1.33. The van der Waals surface area contributed by atoms with Crippen molar-refractivity contribution in [3.63, 3.8) is 0 Å². The number of rotatable bonds is 1. The highest BCUT2D eigenvalue weighted by molar-refractivity contribution is 4.75. The lowest BCUT2D eigenvalue weighted by Gasteiger charge is -2.31. The largest absolute Gasteiger partial charge is 0.396 e. The van der Waals surface area contributed by atoms with Crippen molar-refractivity contribution in [3.8, 4) is 0 Å². The molecule has 0 bridgehead atoms. The Labute approximate surface area is 44.4 Å². The van der Waals surface area contributed by atoms with Crippen molar-refractivity contribution in [1.29, 1.82) is 0 Å². The molecule has 2 atom stereocenters. The maximum Gasteiger partial charge on any atom is 0.0461 e. The molecule has 0 aliphatic heterocycles. The SMILES string of the molecule is CC1CCC1CO. The van der Waals surface area contributed by atoms with Gasteiger partial charge in [-0.1, -0.05) is 13.3 Å². The quantitative estimate of drug-likeness (QED) is 0.521. The van der Waals surface area contributed by atoms with Crippen LogP contribution in [0.15, 0.2) is 0 Å². The van der Waals surface area contributed by atoms with Crippen LogP contribution in [0.25, 0.3) is 0 Å². The summed E-state index contributed by atoms with van der Waals surface area (Å²) in [4.78, 5) is 0. The van der Waals surface area contributed by atoms with Gasteiger partial charge in [0.05, 0.1) is 0 Å². The van der Waals surface area contributed by atoms with E-state index < -0.39 is 0 Å². The van der Waals surface area contributed by atoms with Crippen LogP contribution < -0.4 is 0 Å². The molecule has 0 aromatic heterocycles. The van der Waals surface area contributed by atoms with E-state index in [2.05, 4.69) is 6.92 Å². The molecule has 1 nitrogen and oxygen atoms in total. The van der Waals surface area contributed by atoms with Crippen LogP contribution >= 0.6 is 0 Å². The second kappa shape index (κ2) is 1.83. The fourth-order valence-corrected chi connectivity index (χ4v) is 1.01. The van der Waals surface area contributed by atoms with E-state index in [1.165, 1.54) is 12.8 Å². The van der Waals surface area contributed by atoms with Crippen molar-refractivity contribution in [2.24, 2.45) is 11.8 Å². The van der Waals surface area contributed by atoms with Crippen molar-refractivity contribution in [2.45, 2.75) is 19.8 Å². The predicted octanol–water partition coefficient (Wildman–Crippen LogP) is 1.02. The third-order valence-corrected chi connectivity index (χ3v) is 2.03. The van der Waals surface area contributed by atoms with Crippen molar-refractivity contribution in [2.75, 3.05) is 6.61 Å². The molecule has 1 aliphatic carbocycles. The first-order valence-electron chi connectivity index (χ1n) is 2.95. The van der Waals surface area contributed by atoms with Crippen LogP contribution in [0, 0.1) is 11.8 Å². The molecule has 0 amide bonds. The second-order valence-electron chi connectivity index (χ2n) is 2.50. The van der Waals surface area contributed by atoms with E-state index >= 15 is 0 Å². The molecule has 1 N–H and O–H groups in total. The van der Waals surface area contributed by atoms with Gasteiger partial charge in [-0.25, -0.2) is 0 Å². The zero-order chi connectivity index (χ0) is 5.28. The van der Waals surface area contributed by atoms with Crippen LogP contribution in [-0.4, -0.2) is 11.7 Å². The molecular weight excluding hydrogens is 88.1 g/mol. The first kappa shape index (κ1) is 5.10. The Morgan fingerprint density at radius 1 is 1.57 bits per heavy atom. The summed E-state index contributed by atoms with van der Waals surface area (Å²) in [6.45, 7) is 2.60. The summed E-state index contributed by atoms with van der Waals surface area (Å²) in [6, 6.07) is 0. The van der Waals surface area contributed by atoms with Gasteiger partial charge in [0.2, 0.25) is 0 Å². The van der Waals surface area contributed by atoms with E-state index in [0.29, 0.717) is 12.5 Å². The molecule has 0 heterocycles. The van der Waals surface area contributed by atoms with Gasteiger partial charge in [-0.15, -0.1) is 0 Å². The van der Waals surface area contributed by atoms with Gasteiger partial charge in [0, 0.05) is 6.61 Å². The maximum atomic E-state index is 8.56. The van der Waals surface area contributed by atoms with Crippen molar-refractivity contribution >= 4 is 0 Å². The Bertz CT molecular complexity index is 59.2. The fraction of sp³-hybridized carbons (Fsp3) is 1.00. The first-order valence-corrected chi connectivity index (χ1v) is 2.95. The van der Waals surface area contributed by atoms with Gasteiger partial charge in [-0.2, -0.15) is 0 Å². The molecule has 1 saturated carbocycles. The van der Waals surface area contributed by atoms with Gasteiger partial charge >= 0.3 is 0 Å². The highest BCUT2D eigenvalue weighted by Crippen LogP contribution is 2.32. The Balaban J connectivity index is 2.16. The number of aliphatic hydroxyl groups is 1. The minimum Gasteiger partial charge on any atom is -0.396 e. The Morgan fingerprint density at radius 2 is 2.29 bits per heavy atom. The Hall–Kier alpha value is -0.0400. The summed E-state index contributed by atoms with van der Waals surface area (Å²) in [5.74, 6) is 1.44. The van der Waals surface area contributed by atoms with Crippen molar-refractivity contribution < 1.29 is 5.11 Å². The number of hydrogen-bond donors (Lipinski definition) is 1. The van der Waals surface area contributed by atoms with Gasteiger partial charge < -0.3 is 5.11 Å². The van der Waals surface area contributed by atoms with Crippen LogP contribution in [-0.2, 0) is 0 Å². The summed E-state index contributed by atoms with van der Waals surface area (Å²) < 4.78 is 0. The highest BCUT2D eigenvalue weighted by atomic mass is 16.3. The van der Waals surface area contributed by atoms with Crippen LogP contribution in [0.5, 0.6) is 0 Å². The molecule has 0 spiro atoms. The van der Waals surface area contributed by atoms with Crippen LogP contribution in [0.4, 0.5) is 0 Å². The van der Waals surface area contributed by atoms with Crippen LogP contribution in [0.1, 0.15) is 19.8 Å². The normalized spacial score (nSPS) is 40.3. The summed E-state index contributed by atoms with van der Waals surface area (Å²) in [5, 5.41) is 8.56. The van der Waals surface area contributed by atoms with E-state index in [4.69, 9.17) is 5.11 Å². The third kappa shape index (κ3) is 0.778. The summed E-state index contributed by atoms with van der Waals surface area (Å²) in [6.07, 6.45) is 2.57. The van der Waals surface area contributed by atoms with Crippen LogP contribution in [0.3, 0.4) is 0 Å². The molecule has 1 fully saturated rings. The van der Waals surface area contributed by atoms with Crippen molar-refractivity contribution in [1.82, 2.24) is 0 Å². The van der Waals surface area contributed by atoms with E-state index in [0.717, 1.165) is 5.92 Å². The zero-order valence-electron chi connectivity index (χ0n) is 4.72. The fourth-order valence-electron chi connectivity index (χ4n) is 1.01. The molecule has 42 valence electrons. The zero-order valence-corrected chi connectivity index (χ0v) is 4.72. The molecule has 0 aromatic rings. The average Bonchev–Trinajstić information content (AvgIpc) is 1.65. The summed E-state index contributed by atoms with van der Waals surface area (Å²) in [5.41, 5.74) is 0. The molecule has 0 saturated heterocycles. The molecule has 1 heteroatoms. The van der Waals surface area contributed by atoms with E-state index in [-0.39, 0.29) is 0 Å². The van der Waals surface area contributed by atoms with Gasteiger partial charge in [0.15, 0.2) is 0 Å².